The Bertz CT molecular complexity index is 509. The second-order valence-electron chi connectivity index (χ2n) is 5.11. The highest BCUT2D eigenvalue weighted by molar-refractivity contribution is 5.92. The number of hydrogen-bond donors (Lipinski definition) is 6. The predicted octanol–water partition coefficient (Wildman–Crippen LogP) is -2.61. The molecule has 0 spiro atoms. The lowest BCUT2D eigenvalue weighted by molar-refractivity contribution is -0.141. The van der Waals surface area contributed by atoms with Crippen molar-refractivity contribution < 1.29 is 34.2 Å². The molecule has 0 aliphatic heterocycles. The Morgan fingerprint density at radius 3 is 2.04 bits per heavy atom. The smallest absolute Gasteiger partial charge is 0.325 e. The summed E-state index contributed by atoms with van der Waals surface area (Å²) < 4.78 is 0. The number of carbonyl (C=O) groups is 5. The normalized spacial score (nSPS) is 14.0. The standard InChI is InChI=1S/C13H22N4O7/c1-6(11(21)17-7(2)13(23)24)16-9(18)5-15-12(22)8(14)3-4-10(19)20/h6-8H,3-5,14H2,1-2H3,(H,15,22)(H,16,18)(H,17,21)(H,19,20)(H,23,24). The average molecular weight is 346 g/mol. The Morgan fingerprint density at radius 2 is 1.54 bits per heavy atom. The lowest BCUT2D eigenvalue weighted by Gasteiger charge is -2.17. The SMILES string of the molecule is CC(NC(=O)C(C)NC(=O)CNC(=O)C(N)CCC(=O)O)C(=O)O. The molecule has 0 heterocycles. The van der Waals surface area contributed by atoms with E-state index in [1.54, 1.807) is 0 Å². The lowest BCUT2D eigenvalue weighted by atomic mass is 10.1. The lowest BCUT2D eigenvalue weighted by Crippen LogP contribution is -2.52. The summed E-state index contributed by atoms with van der Waals surface area (Å²) in [5.74, 6) is -4.37. The van der Waals surface area contributed by atoms with Crippen LogP contribution in [-0.2, 0) is 24.0 Å². The summed E-state index contributed by atoms with van der Waals surface area (Å²) in [6, 6.07) is -3.17. The van der Waals surface area contributed by atoms with Crippen LogP contribution in [0.3, 0.4) is 0 Å². The first kappa shape index (κ1) is 21.3. The van der Waals surface area contributed by atoms with Gasteiger partial charge in [0, 0.05) is 6.42 Å². The van der Waals surface area contributed by atoms with Crippen LogP contribution in [0.15, 0.2) is 0 Å². The Labute approximate surface area is 138 Å². The summed E-state index contributed by atoms with van der Waals surface area (Å²) in [7, 11) is 0. The van der Waals surface area contributed by atoms with E-state index in [4.69, 9.17) is 15.9 Å². The van der Waals surface area contributed by atoms with Crippen LogP contribution in [0.25, 0.3) is 0 Å². The van der Waals surface area contributed by atoms with Gasteiger partial charge in [0.25, 0.3) is 0 Å². The van der Waals surface area contributed by atoms with Crippen LogP contribution < -0.4 is 21.7 Å². The molecule has 0 fully saturated rings. The minimum Gasteiger partial charge on any atom is -0.481 e. The number of aliphatic carboxylic acids is 2. The molecule has 0 saturated carbocycles. The number of carboxylic acids is 2. The minimum atomic E-state index is -1.22. The molecule has 7 N–H and O–H groups in total. The first-order valence-electron chi connectivity index (χ1n) is 7.12. The van der Waals surface area contributed by atoms with Crippen LogP contribution in [0.5, 0.6) is 0 Å². The molecule has 0 aliphatic carbocycles. The van der Waals surface area contributed by atoms with Gasteiger partial charge in [0.15, 0.2) is 0 Å². The van der Waals surface area contributed by atoms with Crippen molar-refractivity contribution in [2.45, 2.75) is 44.8 Å². The molecule has 0 radical (unpaired) electrons. The summed E-state index contributed by atoms with van der Waals surface area (Å²) in [5, 5.41) is 23.8. The summed E-state index contributed by atoms with van der Waals surface area (Å²) in [6.45, 7) is 2.17. The largest absolute Gasteiger partial charge is 0.481 e. The molecule has 24 heavy (non-hydrogen) atoms. The van der Waals surface area contributed by atoms with E-state index in [0.29, 0.717) is 0 Å². The van der Waals surface area contributed by atoms with Crippen LogP contribution in [0.4, 0.5) is 0 Å². The molecule has 0 aliphatic rings. The molecule has 3 atom stereocenters. The molecule has 11 nitrogen and oxygen atoms in total. The Morgan fingerprint density at radius 1 is 0.958 bits per heavy atom. The van der Waals surface area contributed by atoms with Gasteiger partial charge in [-0.3, -0.25) is 24.0 Å². The van der Waals surface area contributed by atoms with Gasteiger partial charge in [-0.05, 0) is 20.3 Å². The quantitative estimate of drug-likeness (QED) is 0.248. The fourth-order valence-corrected chi connectivity index (χ4v) is 1.47. The highest BCUT2D eigenvalue weighted by Crippen LogP contribution is 1.94. The first-order chi connectivity index (χ1) is 11.0. The molecular weight excluding hydrogens is 324 g/mol. The van der Waals surface area contributed by atoms with E-state index in [2.05, 4.69) is 16.0 Å². The molecule has 3 unspecified atom stereocenters. The number of carboxylic acid groups (broad SMARTS) is 2. The van der Waals surface area contributed by atoms with Gasteiger partial charge in [-0.15, -0.1) is 0 Å². The molecule has 0 saturated heterocycles. The van der Waals surface area contributed by atoms with Gasteiger partial charge in [-0.2, -0.15) is 0 Å². The summed E-state index contributed by atoms with van der Waals surface area (Å²) in [4.78, 5) is 55.8. The van der Waals surface area contributed by atoms with E-state index >= 15 is 0 Å². The number of rotatable bonds is 10. The topological polar surface area (TPSA) is 188 Å². The van der Waals surface area contributed by atoms with E-state index in [-0.39, 0.29) is 12.8 Å². The molecule has 11 heteroatoms. The zero-order valence-electron chi connectivity index (χ0n) is 13.4. The fraction of sp³-hybridized carbons (Fsp3) is 0.615. The second-order valence-corrected chi connectivity index (χ2v) is 5.11. The number of nitrogens with one attached hydrogen (secondary N) is 3. The molecule has 136 valence electrons. The average Bonchev–Trinajstić information content (AvgIpc) is 2.49. The Hall–Kier alpha value is -2.69. The van der Waals surface area contributed by atoms with E-state index < -0.39 is 54.3 Å². The van der Waals surface area contributed by atoms with E-state index in [1.165, 1.54) is 13.8 Å². The van der Waals surface area contributed by atoms with Crippen LogP contribution in [-0.4, -0.2) is 64.5 Å². The van der Waals surface area contributed by atoms with Crippen molar-refractivity contribution in [3.05, 3.63) is 0 Å². The van der Waals surface area contributed by atoms with Gasteiger partial charge < -0.3 is 31.9 Å². The Kier molecular flexibility index (Phi) is 9.02. The summed E-state index contributed by atoms with van der Waals surface area (Å²) in [5.41, 5.74) is 5.46. The zero-order valence-corrected chi connectivity index (χ0v) is 13.4. The molecule has 0 aromatic rings. The van der Waals surface area contributed by atoms with E-state index in [1.807, 2.05) is 0 Å². The number of amides is 3. The molecule has 0 aromatic carbocycles. The van der Waals surface area contributed by atoms with Crippen LogP contribution in [0.1, 0.15) is 26.7 Å². The van der Waals surface area contributed by atoms with Crippen LogP contribution >= 0.6 is 0 Å². The third-order valence-electron chi connectivity index (χ3n) is 2.93. The summed E-state index contributed by atoms with van der Waals surface area (Å²) in [6.07, 6.45) is -0.353. The molecule has 0 bridgehead atoms. The van der Waals surface area contributed by atoms with Crippen molar-refractivity contribution in [3.63, 3.8) is 0 Å². The van der Waals surface area contributed by atoms with Crippen LogP contribution in [0.2, 0.25) is 0 Å². The molecule has 0 rings (SSSR count). The van der Waals surface area contributed by atoms with Gasteiger partial charge in [0.1, 0.15) is 12.1 Å². The molecule has 3 amide bonds. The number of carbonyl (C=O) groups excluding carboxylic acids is 3. The molecular formula is C13H22N4O7. The van der Waals surface area contributed by atoms with Gasteiger partial charge >= 0.3 is 11.9 Å². The third-order valence-corrected chi connectivity index (χ3v) is 2.93. The van der Waals surface area contributed by atoms with Crippen molar-refractivity contribution in [2.75, 3.05) is 6.54 Å². The van der Waals surface area contributed by atoms with Crippen LogP contribution in [0, 0.1) is 0 Å². The maximum Gasteiger partial charge on any atom is 0.325 e. The first-order valence-corrected chi connectivity index (χ1v) is 7.12. The Balaban J connectivity index is 4.20. The van der Waals surface area contributed by atoms with Crippen molar-refractivity contribution in [1.82, 2.24) is 16.0 Å². The summed E-state index contributed by atoms with van der Waals surface area (Å²) >= 11 is 0. The third kappa shape index (κ3) is 8.68. The van der Waals surface area contributed by atoms with Crippen molar-refractivity contribution in [1.29, 1.82) is 0 Å². The monoisotopic (exact) mass is 346 g/mol. The highest BCUT2D eigenvalue weighted by atomic mass is 16.4. The van der Waals surface area contributed by atoms with Gasteiger partial charge in [0.05, 0.1) is 12.6 Å². The fourth-order valence-electron chi connectivity index (χ4n) is 1.47. The molecule has 0 aromatic heterocycles. The zero-order chi connectivity index (χ0) is 18.9. The maximum absolute atomic E-state index is 11.6. The predicted molar refractivity (Wildman–Crippen MR) is 80.7 cm³/mol. The number of nitrogens with two attached hydrogens (primary N) is 1. The second kappa shape index (κ2) is 10.2. The van der Waals surface area contributed by atoms with E-state index in [0.717, 1.165) is 0 Å². The van der Waals surface area contributed by atoms with Gasteiger partial charge in [0.2, 0.25) is 17.7 Å². The van der Waals surface area contributed by atoms with Crippen molar-refractivity contribution in [2.24, 2.45) is 5.73 Å². The van der Waals surface area contributed by atoms with Gasteiger partial charge in [-0.25, -0.2) is 0 Å². The van der Waals surface area contributed by atoms with Crippen molar-refractivity contribution >= 4 is 29.7 Å². The van der Waals surface area contributed by atoms with Gasteiger partial charge in [-0.1, -0.05) is 0 Å². The van der Waals surface area contributed by atoms with Crippen molar-refractivity contribution in [3.8, 4) is 0 Å². The number of hydrogen-bond acceptors (Lipinski definition) is 6. The maximum atomic E-state index is 11.6. The minimum absolute atomic E-state index is 0.0747. The highest BCUT2D eigenvalue weighted by Gasteiger charge is 2.21. The van der Waals surface area contributed by atoms with E-state index in [9.17, 15) is 24.0 Å².